The van der Waals surface area contributed by atoms with Crippen LogP contribution in [0.3, 0.4) is 0 Å². The summed E-state index contributed by atoms with van der Waals surface area (Å²) in [5.41, 5.74) is 3.24. The second kappa shape index (κ2) is 5.18. The number of hydrogen-bond acceptors (Lipinski definition) is 1. The van der Waals surface area contributed by atoms with E-state index in [4.69, 9.17) is 4.43 Å². The lowest BCUT2D eigenvalue weighted by Crippen LogP contribution is -2.47. The lowest BCUT2D eigenvalue weighted by molar-refractivity contribution is 0.0963. The maximum atomic E-state index is 6.47. The first kappa shape index (κ1) is 14.1. The van der Waals surface area contributed by atoms with Gasteiger partial charge in [0, 0.05) is 12.0 Å². The van der Waals surface area contributed by atoms with Gasteiger partial charge in [0.15, 0.2) is 8.32 Å². The number of benzene rings is 2. The first-order chi connectivity index (χ1) is 9.99. The second-order valence-corrected chi connectivity index (χ2v) is 10.9. The minimum atomic E-state index is -1.67. The van der Waals surface area contributed by atoms with Crippen LogP contribution in [0.15, 0.2) is 54.6 Å². The Morgan fingerprint density at radius 3 is 2.29 bits per heavy atom. The highest BCUT2D eigenvalue weighted by molar-refractivity contribution is 6.69. The van der Waals surface area contributed by atoms with Crippen LogP contribution in [0.4, 0.5) is 0 Å². The Bertz CT molecular complexity index is 704. The van der Waals surface area contributed by atoms with E-state index in [0.717, 1.165) is 12.0 Å². The van der Waals surface area contributed by atoms with Crippen molar-refractivity contribution in [3.63, 3.8) is 0 Å². The zero-order chi connectivity index (χ0) is 14.9. The molecule has 0 spiro atoms. The average molecular weight is 292 g/mol. The van der Waals surface area contributed by atoms with Crippen LogP contribution < -0.4 is 0 Å². The third-order valence-corrected chi connectivity index (χ3v) is 4.52. The molecule has 3 rings (SSSR count). The predicted octanol–water partition coefficient (Wildman–Crippen LogP) is 4.34. The van der Waals surface area contributed by atoms with E-state index in [1.165, 1.54) is 11.1 Å². The van der Waals surface area contributed by atoms with Crippen LogP contribution in [0.1, 0.15) is 16.7 Å². The molecule has 1 nitrogen and oxygen atoms in total. The highest BCUT2D eigenvalue weighted by Crippen LogP contribution is 2.43. The Morgan fingerprint density at radius 1 is 0.952 bits per heavy atom. The molecule has 0 bridgehead atoms. The van der Waals surface area contributed by atoms with E-state index in [1.54, 1.807) is 0 Å². The van der Waals surface area contributed by atoms with E-state index >= 15 is 0 Å². The van der Waals surface area contributed by atoms with Crippen LogP contribution >= 0.6 is 0 Å². The summed E-state index contributed by atoms with van der Waals surface area (Å²) < 4.78 is 6.47. The van der Waals surface area contributed by atoms with Crippen molar-refractivity contribution in [3.8, 4) is 11.8 Å². The van der Waals surface area contributed by atoms with Gasteiger partial charge in [-0.05, 0) is 42.9 Å². The van der Waals surface area contributed by atoms with Gasteiger partial charge in [-0.1, -0.05) is 54.3 Å². The minimum Gasteiger partial charge on any atom is -0.398 e. The molecular formula is C19H20OSi. The molecule has 0 aliphatic heterocycles. The SMILES string of the molecule is C[Si](C)(C)O[C@@]1(C#Cc2ccccc2)Cc2ccccc21. The molecule has 0 fully saturated rings. The highest BCUT2D eigenvalue weighted by atomic mass is 28.4. The molecule has 0 saturated carbocycles. The van der Waals surface area contributed by atoms with Gasteiger partial charge < -0.3 is 4.43 Å². The van der Waals surface area contributed by atoms with Gasteiger partial charge in [-0.15, -0.1) is 0 Å². The van der Waals surface area contributed by atoms with Gasteiger partial charge in [-0.2, -0.15) is 0 Å². The van der Waals surface area contributed by atoms with Gasteiger partial charge in [-0.25, -0.2) is 0 Å². The van der Waals surface area contributed by atoms with Crippen molar-refractivity contribution in [3.05, 3.63) is 71.3 Å². The van der Waals surface area contributed by atoms with E-state index in [1.807, 2.05) is 30.3 Å². The van der Waals surface area contributed by atoms with E-state index in [-0.39, 0.29) is 0 Å². The smallest absolute Gasteiger partial charge is 0.186 e. The molecule has 1 aliphatic carbocycles. The van der Waals surface area contributed by atoms with Gasteiger partial charge in [0.25, 0.3) is 0 Å². The number of hydrogen-bond donors (Lipinski definition) is 0. The Kier molecular flexibility index (Phi) is 3.48. The summed E-state index contributed by atoms with van der Waals surface area (Å²) in [6.07, 6.45) is 0.896. The third-order valence-electron chi connectivity index (χ3n) is 3.55. The standard InChI is InChI=1S/C19H20OSi/c1-21(2,3)20-19(14-13-16-9-5-4-6-10-16)15-17-11-7-8-12-18(17)19/h4-12H,15H2,1-3H3/t19-/m0/s1. The van der Waals surface area contributed by atoms with E-state index < -0.39 is 13.9 Å². The van der Waals surface area contributed by atoms with Gasteiger partial charge in [0.2, 0.25) is 0 Å². The fourth-order valence-corrected chi connectivity index (χ4v) is 4.05. The minimum absolute atomic E-state index is 0.406. The van der Waals surface area contributed by atoms with Crippen LogP contribution in [0, 0.1) is 11.8 Å². The predicted molar refractivity (Wildman–Crippen MR) is 89.6 cm³/mol. The summed E-state index contributed by atoms with van der Waals surface area (Å²) in [6, 6.07) is 18.6. The topological polar surface area (TPSA) is 9.23 Å². The molecule has 0 heterocycles. The Hall–Kier alpha value is -1.82. The summed E-state index contributed by atoms with van der Waals surface area (Å²) in [5.74, 6) is 6.72. The number of fused-ring (bicyclic) bond motifs is 1. The van der Waals surface area contributed by atoms with Crippen LogP contribution in [0.25, 0.3) is 0 Å². The molecule has 1 aliphatic rings. The fourth-order valence-electron chi connectivity index (χ4n) is 2.77. The first-order valence-corrected chi connectivity index (χ1v) is 10.8. The monoisotopic (exact) mass is 292 g/mol. The molecule has 106 valence electrons. The number of rotatable bonds is 2. The Morgan fingerprint density at radius 2 is 1.62 bits per heavy atom. The highest BCUT2D eigenvalue weighted by Gasteiger charge is 2.45. The van der Waals surface area contributed by atoms with Crippen molar-refractivity contribution in [1.82, 2.24) is 0 Å². The molecule has 0 aromatic heterocycles. The van der Waals surface area contributed by atoms with Gasteiger partial charge in [-0.3, -0.25) is 0 Å². The maximum Gasteiger partial charge on any atom is 0.186 e. The molecule has 1 atom stereocenters. The molecule has 2 heteroatoms. The van der Waals surface area contributed by atoms with Crippen molar-refractivity contribution < 1.29 is 4.43 Å². The molecule has 2 aromatic rings. The van der Waals surface area contributed by atoms with E-state index in [2.05, 4.69) is 55.7 Å². The molecule has 0 unspecified atom stereocenters. The van der Waals surface area contributed by atoms with E-state index in [9.17, 15) is 0 Å². The summed E-state index contributed by atoms with van der Waals surface area (Å²) >= 11 is 0. The molecule has 21 heavy (non-hydrogen) atoms. The molecule has 0 saturated heterocycles. The first-order valence-electron chi connectivity index (χ1n) is 7.35. The summed E-state index contributed by atoms with van der Waals surface area (Å²) in [4.78, 5) is 0. The largest absolute Gasteiger partial charge is 0.398 e. The summed E-state index contributed by atoms with van der Waals surface area (Å²) in [6.45, 7) is 6.67. The van der Waals surface area contributed by atoms with Crippen molar-refractivity contribution in [2.24, 2.45) is 0 Å². The zero-order valence-electron chi connectivity index (χ0n) is 12.8. The van der Waals surface area contributed by atoms with Crippen LogP contribution in [0.5, 0.6) is 0 Å². The molecule has 0 amide bonds. The van der Waals surface area contributed by atoms with Crippen LogP contribution in [-0.2, 0) is 16.4 Å². The lowest BCUT2D eigenvalue weighted by Gasteiger charge is -2.43. The fraction of sp³-hybridized carbons (Fsp3) is 0.263. The van der Waals surface area contributed by atoms with Crippen LogP contribution in [-0.4, -0.2) is 8.32 Å². The maximum absolute atomic E-state index is 6.47. The molecule has 0 N–H and O–H groups in total. The van der Waals surface area contributed by atoms with Crippen LogP contribution in [0.2, 0.25) is 19.6 Å². The van der Waals surface area contributed by atoms with Gasteiger partial charge in [0.1, 0.15) is 5.60 Å². The lowest BCUT2D eigenvalue weighted by atomic mass is 9.74. The van der Waals surface area contributed by atoms with Crippen molar-refractivity contribution in [1.29, 1.82) is 0 Å². The normalized spacial score (nSPS) is 20.0. The van der Waals surface area contributed by atoms with Gasteiger partial charge in [0.05, 0.1) is 0 Å². The Balaban J connectivity index is 1.99. The molecule has 0 radical (unpaired) electrons. The average Bonchev–Trinajstić information content (AvgIpc) is 2.43. The zero-order valence-corrected chi connectivity index (χ0v) is 13.8. The second-order valence-electron chi connectivity index (χ2n) is 6.49. The van der Waals surface area contributed by atoms with Crippen molar-refractivity contribution in [2.45, 2.75) is 31.7 Å². The van der Waals surface area contributed by atoms with Crippen molar-refractivity contribution >= 4 is 8.32 Å². The molecular weight excluding hydrogens is 272 g/mol. The molecule has 2 aromatic carbocycles. The van der Waals surface area contributed by atoms with Crippen molar-refractivity contribution in [2.75, 3.05) is 0 Å². The summed E-state index contributed by atoms with van der Waals surface area (Å²) in [5, 5.41) is 0. The van der Waals surface area contributed by atoms with E-state index in [0.29, 0.717) is 0 Å². The third kappa shape index (κ3) is 2.95. The van der Waals surface area contributed by atoms with Gasteiger partial charge >= 0.3 is 0 Å². The summed E-state index contributed by atoms with van der Waals surface area (Å²) in [7, 11) is -1.67. The Labute approximate surface area is 128 Å². The quantitative estimate of drug-likeness (QED) is 0.591.